The van der Waals surface area contributed by atoms with Crippen LogP contribution in [0.15, 0.2) is 35.5 Å². The van der Waals surface area contributed by atoms with Crippen LogP contribution in [0.5, 0.6) is 0 Å². The highest BCUT2D eigenvalue weighted by molar-refractivity contribution is 6.18. The van der Waals surface area contributed by atoms with E-state index in [2.05, 4.69) is 30.5 Å². The van der Waals surface area contributed by atoms with Gasteiger partial charge in [0.25, 0.3) is 0 Å². The summed E-state index contributed by atoms with van der Waals surface area (Å²) in [5.41, 5.74) is 2.42. The number of hydrogen-bond acceptors (Lipinski definition) is 7. The normalized spacial score (nSPS) is 17.3. The van der Waals surface area contributed by atoms with E-state index in [-0.39, 0.29) is 22.7 Å². The number of nitrogens with zero attached hydrogens (tertiary/aromatic N) is 4. The lowest BCUT2D eigenvalue weighted by Gasteiger charge is -2.23. The van der Waals surface area contributed by atoms with Crippen molar-refractivity contribution in [2.24, 2.45) is 0 Å². The standard InChI is InChI=1S/C29H27F2N7O3/c1-32-24-22(31)20(30)9-16-21-25(37-6-2-3-7-37)18(12-34-27(21)36-23(16)24)14-8-17-26(39)19(29(40)41)13-38(28(17)35-10-14)15-4-5-33-11-15/h8-10,12-13,15,32-33H,2-7,11H2,1H3,(H,34,36)(H,40,41). The van der Waals surface area contributed by atoms with Crippen LogP contribution in [0.1, 0.15) is 35.7 Å². The van der Waals surface area contributed by atoms with Gasteiger partial charge in [-0.15, -0.1) is 0 Å². The molecule has 0 saturated carbocycles. The maximum absolute atomic E-state index is 14.8. The van der Waals surface area contributed by atoms with Crippen molar-refractivity contribution in [2.75, 3.05) is 43.4 Å². The minimum Gasteiger partial charge on any atom is -0.477 e. The molecule has 12 heteroatoms. The first-order valence-corrected chi connectivity index (χ1v) is 13.6. The number of anilines is 2. The van der Waals surface area contributed by atoms with Crippen LogP contribution < -0.4 is 21.0 Å². The molecule has 0 aliphatic carbocycles. The number of fused-ring (bicyclic) bond motifs is 4. The van der Waals surface area contributed by atoms with Crippen LogP contribution in [-0.2, 0) is 0 Å². The Kier molecular flexibility index (Phi) is 5.89. The van der Waals surface area contributed by atoms with Gasteiger partial charge in [0, 0.05) is 67.8 Å². The first kappa shape index (κ1) is 25.4. The Hall–Kier alpha value is -4.58. The molecule has 2 fully saturated rings. The molecule has 7 rings (SSSR count). The van der Waals surface area contributed by atoms with E-state index in [0.717, 1.165) is 44.6 Å². The Bertz CT molecular complexity index is 1940. The summed E-state index contributed by atoms with van der Waals surface area (Å²) in [6.07, 6.45) is 7.44. The number of pyridine rings is 3. The number of aromatic nitrogens is 4. The summed E-state index contributed by atoms with van der Waals surface area (Å²) in [4.78, 5) is 40.1. The first-order chi connectivity index (χ1) is 19.9. The monoisotopic (exact) mass is 559 g/mol. The van der Waals surface area contributed by atoms with Crippen molar-refractivity contribution in [3.63, 3.8) is 0 Å². The minimum absolute atomic E-state index is 0.0162. The summed E-state index contributed by atoms with van der Waals surface area (Å²) in [5, 5.41) is 17.2. The third kappa shape index (κ3) is 3.85. The zero-order chi connectivity index (χ0) is 28.4. The van der Waals surface area contributed by atoms with Gasteiger partial charge < -0.3 is 30.2 Å². The lowest BCUT2D eigenvalue weighted by atomic mass is 10.0. The number of H-pyrrole nitrogens is 1. The second-order valence-corrected chi connectivity index (χ2v) is 10.6. The van der Waals surface area contributed by atoms with Crippen LogP contribution in [0.2, 0.25) is 0 Å². The third-order valence-corrected chi connectivity index (χ3v) is 8.29. The second kappa shape index (κ2) is 9.51. The highest BCUT2D eigenvalue weighted by Gasteiger charge is 2.27. The highest BCUT2D eigenvalue weighted by atomic mass is 19.2. The van der Waals surface area contributed by atoms with Gasteiger partial charge in [-0.05, 0) is 37.9 Å². The number of halogens is 2. The largest absolute Gasteiger partial charge is 0.477 e. The van der Waals surface area contributed by atoms with Gasteiger partial charge in [-0.2, -0.15) is 0 Å². The summed E-state index contributed by atoms with van der Waals surface area (Å²) >= 11 is 0. The predicted octanol–water partition coefficient (Wildman–Crippen LogP) is 4.25. The van der Waals surface area contributed by atoms with E-state index in [1.54, 1.807) is 23.0 Å². The molecule has 1 atom stereocenters. The van der Waals surface area contributed by atoms with E-state index in [1.807, 2.05) is 0 Å². The molecule has 0 amide bonds. The molecule has 6 heterocycles. The molecule has 10 nitrogen and oxygen atoms in total. The second-order valence-electron chi connectivity index (χ2n) is 10.6. The molecular weight excluding hydrogens is 532 g/mol. The van der Waals surface area contributed by atoms with Crippen LogP contribution >= 0.6 is 0 Å². The lowest BCUT2D eigenvalue weighted by Crippen LogP contribution is -2.23. The topological polar surface area (TPSA) is 128 Å². The zero-order valence-corrected chi connectivity index (χ0v) is 22.2. The number of aromatic carboxylic acids is 1. The molecule has 1 aromatic carbocycles. The fraction of sp³-hybridized carbons (Fsp3) is 0.310. The van der Waals surface area contributed by atoms with Crippen LogP contribution in [0.25, 0.3) is 44.1 Å². The Labute approximate surface area is 232 Å². The van der Waals surface area contributed by atoms with Crippen LogP contribution in [-0.4, -0.2) is 63.8 Å². The van der Waals surface area contributed by atoms with E-state index in [9.17, 15) is 23.5 Å². The average Bonchev–Trinajstić information content (AvgIpc) is 3.75. The van der Waals surface area contributed by atoms with Gasteiger partial charge >= 0.3 is 5.97 Å². The van der Waals surface area contributed by atoms with Crippen LogP contribution in [0, 0.1) is 11.6 Å². The van der Waals surface area contributed by atoms with Crippen molar-refractivity contribution >= 4 is 50.3 Å². The summed E-state index contributed by atoms with van der Waals surface area (Å²) in [5.74, 6) is -3.25. The summed E-state index contributed by atoms with van der Waals surface area (Å²) in [6.45, 7) is 2.94. The lowest BCUT2D eigenvalue weighted by molar-refractivity contribution is 0.0694. The van der Waals surface area contributed by atoms with Gasteiger partial charge in [0.1, 0.15) is 16.9 Å². The van der Waals surface area contributed by atoms with Gasteiger partial charge in [0.2, 0.25) is 5.43 Å². The molecule has 2 saturated heterocycles. The van der Waals surface area contributed by atoms with Crippen molar-refractivity contribution in [2.45, 2.75) is 25.3 Å². The van der Waals surface area contributed by atoms with Gasteiger partial charge in [-0.1, -0.05) is 0 Å². The Balaban J connectivity index is 1.53. The maximum Gasteiger partial charge on any atom is 0.341 e. The van der Waals surface area contributed by atoms with Crippen molar-refractivity contribution in [3.8, 4) is 11.1 Å². The third-order valence-electron chi connectivity index (χ3n) is 8.29. The number of carboxylic acids is 1. The number of benzene rings is 1. The molecule has 210 valence electrons. The highest BCUT2D eigenvalue weighted by Crippen LogP contribution is 2.43. The molecule has 1 unspecified atom stereocenters. The number of carbonyl (C=O) groups is 1. The Morgan fingerprint density at radius 2 is 1.95 bits per heavy atom. The van der Waals surface area contributed by atoms with Crippen molar-refractivity contribution in [3.05, 3.63) is 58.1 Å². The number of aromatic amines is 1. The minimum atomic E-state index is -1.30. The molecule has 4 N–H and O–H groups in total. The van der Waals surface area contributed by atoms with Gasteiger partial charge in [0.15, 0.2) is 11.6 Å². The first-order valence-electron chi connectivity index (χ1n) is 13.6. The van der Waals surface area contributed by atoms with E-state index in [0.29, 0.717) is 45.3 Å². The molecule has 4 aromatic heterocycles. The number of nitrogens with one attached hydrogen (secondary N) is 3. The summed E-state index contributed by atoms with van der Waals surface area (Å²) < 4.78 is 31.2. The van der Waals surface area contributed by atoms with Crippen LogP contribution in [0.4, 0.5) is 20.2 Å². The molecular formula is C29H27F2N7O3. The van der Waals surface area contributed by atoms with E-state index >= 15 is 0 Å². The molecule has 5 aromatic rings. The molecule has 2 aliphatic heterocycles. The Morgan fingerprint density at radius 1 is 1.15 bits per heavy atom. The van der Waals surface area contributed by atoms with Crippen molar-refractivity contribution < 1.29 is 18.7 Å². The molecule has 0 spiro atoms. The average molecular weight is 560 g/mol. The molecule has 2 aliphatic rings. The summed E-state index contributed by atoms with van der Waals surface area (Å²) in [7, 11) is 1.53. The molecule has 0 bridgehead atoms. The van der Waals surface area contributed by atoms with Crippen molar-refractivity contribution in [1.29, 1.82) is 0 Å². The van der Waals surface area contributed by atoms with Gasteiger partial charge in [0.05, 0.1) is 27.7 Å². The maximum atomic E-state index is 14.8. The van der Waals surface area contributed by atoms with E-state index < -0.39 is 23.0 Å². The smallest absolute Gasteiger partial charge is 0.341 e. The predicted molar refractivity (Wildman–Crippen MR) is 153 cm³/mol. The SMILES string of the molecule is CNc1c(F)c(F)cc2c1[nH]c1ncc(-c3cnc4c(c3)c(=O)c(C(=O)O)cn4C3CCNC3)c(N3CCCC3)c12. The van der Waals surface area contributed by atoms with Gasteiger partial charge in [-0.3, -0.25) is 4.79 Å². The number of rotatable bonds is 5. The van der Waals surface area contributed by atoms with Crippen molar-refractivity contribution in [1.82, 2.24) is 24.8 Å². The fourth-order valence-corrected chi connectivity index (χ4v) is 6.33. The van der Waals surface area contributed by atoms with E-state index in [1.165, 1.54) is 19.3 Å². The van der Waals surface area contributed by atoms with E-state index in [4.69, 9.17) is 0 Å². The summed E-state index contributed by atoms with van der Waals surface area (Å²) in [6, 6.07) is 2.82. The zero-order valence-electron chi connectivity index (χ0n) is 22.2. The van der Waals surface area contributed by atoms with Crippen LogP contribution in [0.3, 0.4) is 0 Å². The van der Waals surface area contributed by atoms with Gasteiger partial charge in [-0.25, -0.2) is 23.5 Å². The Morgan fingerprint density at radius 3 is 2.66 bits per heavy atom. The fourth-order valence-electron chi connectivity index (χ4n) is 6.33. The number of hydrogen-bond donors (Lipinski definition) is 4. The molecule has 0 radical (unpaired) electrons. The quantitative estimate of drug-likeness (QED) is 0.252. The number of carboxylic acid groups (broad SMARTS) is 1. The molecule has 41 heavy (non-hydrogen) atoms.